The van der Waals surface area contributed by atoms with E-state index in [9.17, 15) is 9.59 Å². The van der Waals surface area contributed by atoms with Crippen LogP contribution in [-0.2, 0) is 14.3 Å². The topological polar surface area (TPSA) is 63.6 Å². The van der Waals surface area contributed by atoms with Crippen LogP contribution in [-0.4, -0.2) is 24.2 Å². The maximum Gasteiger partial charge on any atom is 0.332 e. The van der Waals surface area contributed by atoms with Crippen LogP contribution in [0, 0.1) is 0 Å². The number of methoxy groups -OCH3 is 1. The van der Waals surface area contributed by atoms with Crippen LogP contribution in [0.2, 0.25) is 0 Å². The SMILES string of the molecule is C=C(C)C(=O)OC.C=CC(=O)O.C=Cc1ccccc1. The second kappa shape index (κ2) is 12.8. The molecule has 0 atom stereocenters. The number of carboxylic acids is 1. The third-order valence-corrected chi connectivity index (χ3v) is 1.74. The molecule has 1 aromatic rings. The van der Waals surface area contributed by atoms with Crippen molar-refractivity contribution in [3.63, 3.8) is 0 Å². The van der Waals surface area contributed by atoms with Gasteiger partial charge < -0.3 is 9.84 Å². The van der Waals surface area contributed by atoms with Crippen molar-refractivity contribution in [2.24, 2.45) is 0 Å². The predicted octanol–water partition coefficient (Wildman–Crippen LogP) is 3.32. The summed E-state index contributed by atoms with van der Waals surface area (Å²) in [5.41, 5.74) is 1.61. The van der Waals surface area contributed by atoms with Crippen LogP contribution in [0.25, 0.3) is 6.08 Å². The minimum atomic E-state index is -0.981. The Labute approximate surface area is 119 Å². The van der Waals surface area contributed by atoms with Crippen LogP contribution in [0.4, 0.5) is 0 Å². The third kappa shape index (κ3) is 13.4. The molecule has 0 aliphatic heterocycles. The summed E-state index contributed by atoms with van der Waals surface area (Å²) in [4.78, 5) is 19.4. The Hall–Kier alpha value is -2.62. The van der Waals surface area contributed by atoms with Crippen LogP contribution in [0.1, 0.15) is 12.5 Å². The fourth-order valence-corrected chi connectivity index (χ4v) is 0.763. The second-order valence-electron chi connectivity index (χ2n) is 3.43. The van der Waals surface area contributed by atoms with Crippen molar-refractivity contribution in [2.75, 3.05) is 7.11 Å². The van der Waals surface area contributed by atoms with E-state index in [4.69, 9.17) is 5.11 Å². The Morgan fingerprint density at radius 2 is 1.65 bits per heavy atom. The maximum absolute atomic E-state index is 10.2. The lowest BCUT2D eigenvalue weighted by Gasteiger charge is -1.91. The number of aliphatic carboxylic acids is 1. The van der Waals surface area contributed by atoms with Gasteiger partial charge in [0.25, 0.3) is 0 Å². The first-order valence-corrected chi connectivity index (χ1v) is 5.65. The molecule has 4 nitrogen and oxygen atoms in total. The zero-order valence-corrected chi connectivity index (χ0v) is 11.8. The van der Waals surface area contributed by atoms with Crippen LogP contribution in [0.15, 0.2) is 61.7 Å². The van der Waals surface area contributed by atoms with Crippen LogP contribution in [0.3, 0.4) is 0 Å². The van der Waals surface area contributed by atoms with Crippen molar-refractivity contribution < 1.29 is 19.4 Å². The number of hydrogen-bond donors (Lipinski definition) is 1. The van der Waals surface area contributed by atoms with Gasteiger partial charge in [-0.2, -0.15) is 0 Å². The van der Waals surface area contributed by atoms with Crippen molar-refractivity contribution in [1.82, 2.24) is 0 Å². The smallest absolute Gasteiger partial charge is 0.332 e. The van der Waals surface area contributed by atoms with Crippen molar-refractivity contribution in [3.8, 4) is 0 Å². The van der Waals surface area contributed by atoms with Gasteiger partial charge in [-0.25, -0.2) is 9.59 Å². The van der Waals surface area contributed by atoms with Crippen LogP contribution >= 0.6 is 0 Å². The highest BCUT2D eigenvalue weighted by Gasteiger charge is 1.95. The molecular formula is C16H20O4. The molecule has 0 unspecified atom stereocenters. The fraction of sp³-hybridized carbons (Fsp3) is 0.125. The molecule has 1 rings (SSSR count). The Bertz CT molecular complexity index is 447. The molecule has 0 fully saturated rings. The normalized spacial score (nSPS) is 7.70. The molecule has 0 radical (unpaired) electrons. The molecule has 0 heterocycles. The van der Waals surface area contributed by atoms with E-state index in [0.717, 1.165) is 6.08 Å². The zero-order chi connectivity index (χ0) is 16.0. The molecule has 0 bridgehead atoms. The average molecular weight is 276 g/mol. The number of rotatable bonds is 3. The predicted molar refractivity (Wildman–Crippen MR) is 81.2 cm³/mol. The second-order valence-corrected chi connectivity index (χ2v) is 3.43. The molecule has 0 saturated heterocycles. The molecule has 0 spiro atoms. The van der Waals surface area contributed by atoms with Gasteiger partial charge in [0.1, 0.15) is 0 Å². The van der Waals surface area contributed by atoms with E-state index < -0.39 is 5.97 Å². The molecule has 0 aromatic heterocycles. The van der Waals surface area contributed by atoms with Crippen molar-refractivity contribution >= 4 is 18.0 Å². The molecular weight excluding hydrogens is 256 g/mol. The average Bonchev–Trinajstić information content (AvgIpc) is 2.48. The first kappa shape index (κ1) is 19.7. The molecule has 0 amide bonds. The van der Waals surface area contributed by atoms with Gasteiger partial charge in [-0.1, -0.05) is 56.1 Å². The number of esters is 1. The van der Waals surface area contributed by atoms with Gasteiger partial charge >= 0.3 is 11.9 Å². The lowest BCUT2D eigenvalue weighted by molar-refractivity contribution is -0.136. The summed E-state index contributed by atoms with van der Waals surface area (Å²) in [6, 6.07) is 10.0. The monoisotopic (exact) mass is 276 g/mol. The van der Waals surface area contributed by atoms with E-state index in [1.54, 1.807) is 6.92 Å². The van der Waals surface area contributed by atoms with Gasteiger partial charge in [-0.3, -0.25) is 0 Å². The number of hydrogen-bond acceptors (Lipinski definition) is 3. The number of ether oxygens (including phenoxy) is 1. The van der Waals surface area contributed by atoms with Gasteiger partial charge in [0.2, 0.25) is 0 Å². The standard InChI is InChI=1S/C8H8.C5H8O2.C3H4O2/c1-2-8-6-4-3-5-7-8;1-4(2)5(6)7-3;1-2-3(4)5/h2-7H,1H2;1H2,2-3H3;2H,1H2,(H,4,5). The van der Waals surface area contributed by atoms with Gasteiger partial charge in [0.15, 0.2) is 0 Å². The van der Waals surface area contributed by atoms with Gasteiger partial charge in [0, 0.05) is 11.6 Å². The maximum atomic E-state index is 10.2. The highest BCUT2D eigenvalue weighted by molar-refractivity contribution is 5.86. The number of carbonyl (C=O) groups excluding carboxylic acids is 1. The quantitative estimate of drug-likeness (QED) is 0.679. The molecule has 108 valence electrons. The molecule has 20 heavy (non-hydrogen) atoms. The van der Waals surface area contributed by atoms with E-state index in [0.29, 0.717) is 5.57 Å². The van der Waals surface area contributed by atoms with E-state index in [1.165, 1.54) is 12.7 Å². The van der Waals surface area contributed by atoms with Crippen molar-refractivity contribution in [1.29, 1.82) is 0 Å². The number of carboxylic acid groups (broad SMARTS) is 1. The Kier molecular flexibility index (Phi) is 12.6. The minimum Gasteiger partial charge on any atom is -0.478 e. The van der Waals surface area contributed by atoms with E-state index in [1.807, 2.05) is 36.4 Å². The summed E-state index contributed by atoms with van der Waals surface area (Å²) in [5.74, 6) is -1.33. The molecule has 0 aliphatic carbocycles. The first-order valence-electron chi connectivity index (χ1n) is 5.65. The molecule has 0 saturated carbocycles. The summed E-state index contributed by atoms with van der Waals surface area (Å²) in [7, 11) is 1.33. The van der Waals surface area contributed by atoms with E-state index in [2.05, 4.69) is 24.5 Å². The number of benzene rings is 1. The number of carbonyl (C=O) groups is 2. The summed E-state index contributed by atoms with van der Waals surface area (Å²) in [5, 5.41) is 7.60. The fourth-order valence-electron chi connectivity index (χ4n) is 0.763. The van der Waals surface area contributed by atoms with E-state index in [-0.39, 0.29) is 5.97 Å². The lowest BCUT2D eigenvalue weighted by atomic mass is 10.2. The highest BCUT2D eigenvalue weighted by atomic mass is 16.5. The zero-order valence-electron chi connectivity index (χ0n) is 11.8. The van der Waals surface area contributed by atoms with Crippen molar-refractivity contribution in [2.45, 2.75) is 6.92 Å². The van der Waals surface area contributed by atoms with Crippen LogP contribution < -0.4 is 0 Å². The van der Waals surface area contributed by atoms with E-state index >= 15 is 0 Å². The van der Waals surface area contributed by atoms with Crippen LogP contribution in [0.5, 0.6) is 0 Å². The van der Waals surface area contributed by atoms with Gasteiger partial charge in [0.05, 0.1) is 7.11 Å². The molecule has 1 aromatic carbocycles. The summed E-state index contributed by atoms with van der Waals surface area (Å²) in [6.45, 7) is 11.5. The summed E-state index contributed by atoms with van der Waals surface area (Å²) >= 11 is 0. The largest absolute Gasteiger partial charge is 0.478 e. The molecule has 4 heteroatoms. The van der Waals surface area contributed by atoms with Crippen molar-refractivity contribution in [3.05, 3.63) is 67.3 Å². The van der Waals surface area contributed by atoms with Gasteiger partial charge in [-0.15, -0.1) is 0 Å². The summed E-state index contributed by atoms with van der Waals surface area (Å²) in [6.07, 6.45) is 2.67. The molecule has 1 N–H and O–H groups in total. The Morgan fingerprint density at radius 3 is 1.80 bits per heavy atom. The first-order chi connectivity index (χ1) is 9.38. The Morgan fingerprint density at radius 1 is 1.20 bits per heavy atom. The summed E-state index contributed by atoms with van der Waals surface area (Å²) < 4.78 is 4.27. The molecule has 0 aliphatic rings. The minimum absolute atomic E-state index is 0.347. The lowest BCUT2D eigenvalue weighted by Crippen LogP contribution is -1.98. The third-order valence-electron chi connectivity index (χ3n) is 1.74. The Balaban J connectivity index is 0. The van der Waals surface area contributed by atoms with Gasteiger partial charge in [-0.05, 0) is 12.5 Å². The highest BCUT2D eigenvalue weighted by Crippen LogP contribution is 1.97.